The second kappa shape index (κ2) is 6.92. The van der Waals surface area contributed by atoms with E-state index in [0.29, 0.717) is 0 Å². The standard InChI is InChI=1S/C7H13NO.6CH3.2Sn/c1-5-8(6-2)7(3)9-4;;;;;;;;/h5-6H2,1-2,4H3;6*1H3;;. The molecule has 0 aliphatic carbocycles. The monoisotopic (exact) mass is 457 g/mol. The molecule has 2 nitrogen and oxygen atoms in total. The third-order valence-electron chi connectivity index (χ3n) is 2.96. The predicted molar refractivity (Wildman–Crippen MR) is 83.6 cm³/mol. The summed E-state index contributed by atoms with van der Waals surface area (Å²) in [5, 5.41) is 0. The van der Waals surface area contributed by atoms with E-state index in [1.54, 1.807) is 1.60 Å². The van der Waals surface area contributed by atoms with Crippen molar-refractivity contribution in [3.63, 3.8) is 0 Å². The molecule has 17 heavy (non-hydrogen) atoms. The number of hydrogen-bond donors (Lipinski definition) is 0. The van der Waals surface area contributed by atoms with Gasteiger partial charge < -0.3 is 0 Å². The molecule has 0 spiro atoms. The molecule has 0 N–H and O–H groups in total. The van der Waals surface area contributed by atoms with E-state index in [9.17, 15) is 0 Å². The Morgan fingerprint density at radius 1 is 0.882 bits per heavy atom. The number of nitrogens with zero attached hydrogens (tertiary/aromatic N) is 1. The molecule has 0 rings (SSSR count). The molecule has 4 heteroatoms. The fourth-order valence-corrected chi connectivity index (χ4v) is 57.3. The van der Waals surface area contributed by atoms with Crippen molar-refractivity contribution < 1.29 is 4.74 Å². The average molecular weight is 455 g/mol. The quantitative estimate of drug-likeness (QED) is 0.445. The van der Waals surface area contributed by atoms with Gasteiger partial charge in [-0.05, 0) is 0 Å². The molecule has 0 bridgehead atoms. The Hall–Kier alpha value is 0.937. The van der Waals surface area contributed by atoms with E-state index in [0.717, 1.165) is 13.1 Å². The Labute approximate surface area is 117 Å². The third-order valence-corrected chi connectivity index (χ3v) is 41.5. The van der Waals surface area contributed by atoms with Gasteiger partial charge in [0, 0.05) is 0 Å². The Morgan fingerprint density at radius 2 is 1.24 bits per heavy atom. The molecule has 0 radical (unpaired) electrons. The summed E-state index contributed by atoms with van der Waals surface area (Å²) < 4.78 is 7.63. The summed E-state index contributed by atoms with van der Waals surface area (Å²) in [6, 6.07) is 0. The Balaban J connectivity index is 5.79. The first-order valence-electron chi connectivity index (χ1n) is 6.63. The van der Waals surface area contributed by atoms with Crippen LogP contribution >= 0.6 is 0 Å². The molecule has 0 saturated carbocycles. The Morgan fingerprint density at radius 3 is 1.41 bits per heavy atom. The van der Waals surface area contributed by atoms with Gasteiger partial charge in [-0.1, -0.05) is 0 Å². The van der Waals surface area contributed by atoms with Gasteiger partial charge in [0.25, 0.3) is 0 Å². The minimum atomic E-state index is -2.07. The van der Waals surface area contributed by atoms with Crippen LogP contribution in [0.4, 0.5) is 0 Å². The van der Waals surface area contributed by atoms with Crippen LogP contribution in [0.1, 0.15) is 13.8 Å². The van der Waals surface area contributed by atoms with Crippen LogP contribution in [0.25, 0.3) is 0 Å². The number of ether oxygens (including phenoxy) is 1. The van der Waals surface area contributed by atoms with Crippen molar-refractivity contribution in [3.8, 4) is 0 Å². The molecule has 0 unspecified atom stereocenters. The summed E-state index contributed by atoms with van der Waals surface area (Å²) in [6.45, 7) is 6.53. The molecule has 0 aromatic carbocycles. The molecular weight excluding hydrogens is 424 g/mol. The van der Waals surface area contributed by atoms with Gasteiger partial charge in [-0.25, -0.2) is 0 Å². The van der Waals surface area contributed by atoms with Gasteiger partial charge in [0.1, 0.15) is 0 Å². The van der Waals surface area contributed by atoms with E-state index in [4.69, 9.17) is 4.74 Å². The summed E-state index contributed by atoms with van der Waals surface area (Å²) in [7, 11) is 1.85. The Bertz CT molecular complexity index is 254. The van der Waals surface area contributed by atoms with Gasteiger partial charge in [-0.3, -0.25) is 0 Å². The van der Waals surface area contributed by atoms with Crippen molar-refractivity contribution in [3.05, 3.63) is 7.49 Å². The first kappa shape index (κ1) is 17.9. The molecule has 0 aliphatic rings. The van der Waals surface area contributed by atoms with E-state index in [2.05, 4.69) is 48.4 Å². The molecule has 102 valence electrons. The molecule has 0 heterocycles. The third kappa shape index (κ3) is 5.21. The van der Waals surface area contributed by atoms with Crippen LogP contribution in [0.3, 0.4) is 0 Å². The van der Waals surface area contributed by atoms with E-state index < -0.39 is 36.8 Å². The molecule has 0 aromatic heterocycles. The second-order valence-electron chi connectivity index (χ2n) is 6.56. The average Bonchev–Trinajstić information content (AvgIpc) is 2.13. The van der Waals surface area contributed by atoms with Crippen LogP contribution in [0.15, 0.2) is 7.49 Å². The maximum absolute atomic E-state index is 5.82. The first-order valence-corrected chi connectivity index (χ1v) is 26.6. The van der Waals surface area contributed by atoms with Gasteiger partial charge >= 0.3 is 118 Å². The zero-order chi connectivity index (χ0) is 13.9. The van der Waals surface area contributed by atoms with Gasteiger partial charge in [0.15, 0.2) is 0 Å². The molecule has 0 aromatic rings. The fraction of sp³-hybridized carbons (Fsp3) is 0.846. The van der Waals surface area contributed by atoms with Crippen molar-refractivity contribution >= 4 is 36.8 Å². The topological polar surface area (TPSA) is 12.5 Å². The van der Waals surface area contributed by atoms with Crippen molar-refractivity contribution in [2.24, 2.45) is 0 Å². The van der Waals surface area contributed by atoms with Gasteiger partial charge in [0.2, 0.25) is 0 Å². The minimum absolute atomic E-state index is 1.05. The van der Waals surface area contributed by atoms with E-state index in [1.807, 2.05) is 7.11 Å². The molecule has 0 aliphatic heterocycles. The molecule has 0 amide bonds. The molecule has 0 fully saturated rings. The molecular formula is C13H31NOSn2. The van der Waals surface area contributed by atoms with E-state index in [-0.39, 0.29) is 0 Å². The van der Waals surface area contributed by atoms with E-state index >= 15 is 0 Å². The zero-order valence-electron chi connectivity index (χ0n) is 13.3. The Kier molecular flexibility index (Phi) is 7.30. The van der Waals surface area contributed by atoms with Crippen molar-refractivity contribution in [2.75, 3.05) is 20.2 Å². The van der Waals surface area contributed by atoms with Crippen LogP contribution in [0.5, 0.6) is 0 Å². The second-order valence-corrected chi connectivity index (χ2v) is 39.2. The number of rotatable bonds is 6. The summed E-state index contributed by atoms with van der Waals surface area (Å²) >= 11 is -4.13. The molecule has 0 atom stereocenters. The van der Waals surface area contributed by atoms with Gasteiger partial charge in [0.05, 0.1) is 0 Å². The van der Waals surface area contributed by atoms with Crippen molar-refractivity contribution in [1.29, 1.82) is 0 Å². The van der Waals surface area contributed by atoms with Crippen LogP contribution in [0, 0.1) is 0 Å². The summed E-state index contributed by atoms with van der Waals surface area (Å²) in [6.07, 6.45) is 0. The SMILES string of the molecule is CCN(CC)C(OC)=[C]([Sn]([CH3])([CH3])[CH3])[Sn]([CH3])([CH3])[CH3]. The number of methoxy groups -OCH3 is 1. The van der Waals surface area contributed by atoms with Crippen molar-refractivity contribution in [2.45, 2.75) is 43.5 Å². The summed E-state index contributed by atoms with van der Waals surface area (Å²) in [5.74, 6) is 1.24. The number of hydrogen-bond acceptors (Lipinski definition) is 2. The van der Waals surface area contributed by atoms with Gasteiger partial charge in [-0.2, -0.15) is 0 Å². The normalized spacial score (nSPS) is 12.3. The van der Waals surface area contributed by atoms with Crippen LogP contribution in [-0.2, 0) is 4.74 Å². The van der Waals surface area contributed by atoms with Gasteiger partial charge in [-0.15, -0.1) is 0 Å². The van der Waals surface area contributed by atoms with Crippen LogP contribution in [0.2, 0.25) is 29.6 Å². The van der Waals surface area contributed by atoms with Crippen molar-refractivity contribution in [1.82, 2.24) is 4.90 Å². The maximum atomic E-state index is 5.82. The fourth-order valence-electron chi connectivity index (χ4n) is 2.67. The zero-order valence-corrected chi connectivity index (χ0v) is 19.0. The molecule has 0 saturated heterocycles. The predicted octanol–water partition coefficient (Wildman–Crippen LogP) is 3.94. The van der Waals surface area contributed by atoms with E-state index in [1.165, 1.54) is 5.88 Å². The summed E-state index contributed by atoms with van der Waals surface area (Å²) in [4.78, 5) is 17.5. The first-order chi connectivity index (χ1) is 7.59. The van der Waals surface area contributed by atoms with Crippen LogP contribution in [-0.4, -0.2) is 61.9 Å². The van der Waals surface area contributed by atoms with Crippen LogP contribution < -0.4 is 0 Å². The summed E-state index contributed by atoms with van der Waals surface area (Å²) in [5.41, 5.74) is 0.